The predicted octanol–water partition coefficient (Wildman–Crippen LogP) is 3.63. The highest BCUT2D eigenvalue weighted by Crippen LogP contribution is 2.45. The van der Waals surface area contributed by atoms with Crippen molar-refractivity contribution in [2.24, 2.45) is 5.92 Å². The van der Waals surface area contributed by atoms with Crippen LogP contribution in [0.1, 0.15) is 40.6 Å². The van der Waals surface area contributed by atoms with Crippen molar-refractivity contribution in [2.45, 2.75) is 31.6 Å². The van der Waals surface area contributed by atoms with Gasteiger partial charge in [-0.3, -0.25) is 0 Å². The molecule has 3 atom stereocenters. The molecule has 0 radical (unpaired) electrons. The molecule has 0 spiro atoms. The van der Waals surface area contributed by atoms with Crippen LogP contribution in [0.4, 0.5) is 0 Å². The molecular formula is C22H24N2O4S. The molecule has 152 valence electrons. The Kier molecular flexibility index (Phi) is 5.78. The minimum absolute atomic E-state index is 0.558. The molecule has 2 saturated heterocycles. The average molecular weight is 413 g/mol. The minimum Gasteiger partial charge on any atom is -0.478 e. The molecule has 2 bridgehead atoms. The molecule has 1 aromatic carbocycles. The highest BCUT2D eigenvalue weighted by molar-refractivity contribution is 7.12. The van der Waals surface area contributed by atoms with Crippen molar-refractivity contribution in [1.29, 1.82) is 0 Å². The summed E-state index contributed by atoms with van der Waals surface area (Å²) in [6, 6.07) is 8.79. The van der Waals surface area contributed by atoms with E-state index in [9.17, 15) is 9.59 Å². The molecule has 0 amide bonds. The number of piperidine rings is 2. The van der Waals surface area contributed by atoms with E-state index in [1.54, 1.807) is 0 Å². The molecule has 6 nitrogen and oxygen atoms in total. The fraction of sp³-hybridized carbons (Fsp3) is 0.409. The highest BCUT2D eigenvalue weighted by atomic mass is 32.1. The van der Waals surface area contributed by atoms with Gasteiger partial charge in [0.05, 0.1) is 10.7 Å². The van der Waals surface area contributed by atoms with Gasteiger partial charge in [-0.15, -0.1) is 11.3 Å². The number of aromatic nitrogens is 1. The Hall–Kier alpha value is -2.51. The van der Waals surface area contributed by atoms with Crippen LogP contribution in [0, 0.1) is 5.92 Å². The first-order valence-corrected chi connectivity index (χ1v) is 10.8. The zero-order valence-corrected chi connectivity index (χ0v) is 16.9. The first kappa shape index (κ1) is 19.8. The molecule has 3 aliphatic rings. The lowest BCUT2D eigenvalue weighted by atomic mass is 9.80. The second-order valence-corrected chi connectivity index (χ2v) is 8.88. The summed E-state index contributed by atoms with van der Waals surface area (Å²) in [6.45, 7) is 3.92. The van der Waals surface area contributed by atoms with Crippen LogP contribution >= 0.6 is 11.3 Å². The first-order chi connectivity index (χ1) is 14.0. The van der Waals surface area contributed by atoms with E-state index in [0.717, 1.165) is 18.3 Å². The van der Waals surface area contributed by atoms with Gasteiger partial charge in [0.1, 0.15) is 0 Å². The average Bonchev–Trinajstić information content (AvgIpc) is 3.25. The SMILES string of the molecule is O=C(O)/C=C/C(=O)O.c1ccc2c(c1)Cc1sc([C@@H]3CCN4CCC[C@H]3C4)nc1-2. The number of nitrogens with zero attached hydrogens (tertiary/aromatic N) is 2. The van der Waals surface area contributed by atoms with Gasteiger partial charge in [0.25, 0.3) is 0 Å². The molecule has 1 aliphatic carbocycles. The monoisotopic (exact) mass is 412 g/mol. The van der Waals surface area contributed by atoms with Crippen molar-refractivity contribution in [3.05, 3.63) is 51.9 Å². The van der Waals surface area contributed by atoms with Crippen molar-refractivity contribution in [3.8, 4) is 11.3 Å². The van der Waals surface area contributed by atoms with E-state index in [-0.39, 0.29) is 0 Å². The zero-order chi connectivity index (χ0) is 20.4. The van der Waals surface area contributed by atoms with Crippen molar-refractivity contribution in [1.82, 2.24) is 9.88 Å². The summed E-state index contributed by atoms with van der Waals surface area (Å²) in [6.07, 6.45) is 6.33. The van der Waals surface area contributed by atoms with Gasteiger partial charge in [-0.2, -0.15) is 0 Å². The lowest BCUT2D eigenvalue weighted by Gasteiger charge is -2.41. The predicted molar refractivity (Wildman–Crippen MR) is 111 cm³/mol. The number of carboxylic acids is 2. The third-order valence-corrected chi connectivity index (χ3v) is 7.08. The van der Waals surface area contributed by atoms with E-state index < -0.39 is 11.9 Å². The van der Waals surface area contributed by atoms with Crippen molar-refractivity contribution in [2.75, 3.05) is 19.6 Å². The van der Waals surface area contributed by atoms with E-state index >= 15 is 0 Å². The maximum Gasteiger partial charge on any atom is 0.328 e. The Morgan fingerprint density at radius 1 is 1.10 bits per heavy atom. The number of carboxylic acid groups (broad SMARTS) is 2. The number of hydrogen-bond acceptors (Lipinski definition) is 5. The minimum atomic E-state index is -1.26. The van der Waals surface area contributed by atoms with Crippen LogP contribution in [0.25, 0.3) is 11.3 Å². The summed E-state index contributed by atoms with van der Waals surface area (Å²) in [4.78, 5) is 28.4. The molecule has 3 heterocycles. The second-order valence-electron chi connectivity index (χ2n) is 7.77. The summed E-state index contributed by atoms with van der Waals surface area (Å²) in [5, 5.41) is 17.1. The van der Waals surface area contributed by atoms with E-state index in [1.807, 2.05) is 11.3 Å². The van der Waals surface area contributed by atoms with Gasteiger partial charge in [0.2, 0.25) is 0 Å². The first-order valence-electron chi connectivity index (χ1n) is 9.95. The molecule has 2 aromatic rings. The lowest BCUT2D eigenvalue weighted by molar-refractivity contribution is -0.134. The number of rotatable bonds is 3. The second kappa shape index (κ2) is 8.47. The quantitative estimate of drug-likeness (QED) is 0.639. The molecule has 5 rings (SSSR count). The van der Waals surface area contributed by atoms with Gasteiger partial charge in [0.15, 0.2) is 0 Å². The molecule has 1 aromatic heterocycles. The third-order valence-electron chi connectivity index (χ3n) is 5.89. The van der Waals surface area contributed by atoms with Crippen molar-refractivity contribution >= 4 is 23.3 Å². The molecular weight excluding hydrogens is 388 g/mol. The Morgan fingerprint density at radius 2 is 1.86 bits per heavy atom. The lowest BCUT2D eigenvalue weighted by Crippen LogP contribution is -2.43. The number of aliphatic carboxylic acids is 2. The van der Waals surface area contributed by atoms with E-state index in [1.165, 1.54) is 65.6 Å². The number of fused-ring (bicyclic) bond motifs is 5. The van der Waals surface area contributed by atoms with Crippen LogP contribution in [0.5, 0.6) is 0 Å². The molecule has 2 fully saturated rings. The van der Waals surface area contributed by atoms with Crippen LogP contribution in [0.2, 0.25) is 0 Å². The van der Waals surface area contributed by atoms with Gasteiger partial charge in [-0.25, -0.2) is 14.6 Å². The number of thiazole rings is 1. The Balaban J connectivity index is 0.000000221. The fourth-order valence-corrected chi connectivity index (χ4v) is 5.92. The molecule has 2 N–H and O–H groups in total. The Labute approximate surface area is 173 Å². The van der Waals surface area contributed by atoms with Crippen LogP contribution in [-0.2, 0) is 16.0 Å². The molecule has 29 heavy (non-hydrogen) atoms. The smallest absolute Gasteiger partial charge is 0.328 e. The molecule has 7 heteroatoms. The van der Waals surface area contributed by atoms with Crippen LogP contribution < -0.4 is 0 Å². The van der Waals surface area contributed by atoms with Crippen LogP contribution in [0.3, 0.4) is 0 Å². The third kappa shape index (κ3) is 4.41. The van der Waals surface area contributed by atoms with Gasteiger partial charge in [-0.05, 0) is 43.8 Å². The summed E-state index contributed by atoms with van der Waals surface area (Å²) in [7, 11) is 0. The normalized spacial score (nSPS) is 24.3. The fourth-order valence-electron chi connectivity index (χ4n) is 4.59. The van der Waals surface area contributed by atoms with Gasteiger partial charge < -0.3 is 15.1 Å². The Morgan fingerprint density at radius 3 is 2.62 bits per heavy atom. The Bertz CT molecular complexity index is 936. The highest BCUT2D eigenvalue weighted by Gasteiger charge is 2.35. The van der Waals surface area contributed by atoms with E-state index in [0.29, 0.717) is 12.2 Å². The standard InChI is InChI=1S/C18H20N2S.C4H4O4/c1-2-6-14-12(4-1)10-16-17(14)19-18(21-16)15-7-9-20-8-3-5-13(15)11-20;5-3(6)1-2-4(7)8/h1-2,4,6,13,15H,3,5,7-11H2;1-2H,(H,5,6)(H,7,8)/b;2-1+/t13-,15+;/m0./s1. The maximum absolute atomic E-state index is 9.55. The maximum atomic E-state index is 9.55. The topological polar surface area (TPSA) is 90.7 Å². The molecule has 2 aliphatic heterocycles. The summed E-state index contributed by atoms with van der Waals surface area (Å²) in [5.74, 6) is -0.932. The summed E-state index contributed by atoms with van der Waals surface area (Å²) < 4.78 is 0. The number of benzene rings is 1. The molecule has 1 unspecified atom stereocenters. The largest absolute Gasteiger partial charge is 0.478 e. The number of carbonyl (C=O) groups is 2. The van der Waals surface area contributed by atoms with Crippen molar-refractivity contribution < 1.29 is 19.8 Å². The van der Waals surface area contributed by atoms with Crippen LogP contribution in [0.15, 0.2) is 36.4 Å². The molecule has 0 saturated carbocycles. The number of hydrogen-bond donors (Lipinski definition) is 2. The summed E-state index contributed by atoms with van der Waals surface area (Å²) >= 11 is 2.00. The van der Waals surface area contributed by atoms with Crippen molar-refractivity contribution in [3.63, 3.8) is 0 Å². The summed E-state index contributed by atoms with van der Waals surface area (Å²) in [5.41, 5.74) is 4.14. The van der Waals surface area contributed by atoms with Gasteiger partial charge in [-0.1, -0.05) is 24.3 Å². The van der Waals surface area contributed by atoms with E-state index in [2.05, 4.69) is 29.2 Å². The van der Waals surface area contributed by atoms with E-state index in [4.69, 9.17) is 15.2 Å². The van der Waals surface area contributed by atoms with Crippen LogP contribution in [-0.4, -0.2) is 51.7 Å². The van der Waals surface area contributed by atoms with Gasteiger partial charge >= 0.3 is 11.9 Å². The zero-order valence-electron chi connectivity index (χ0n) is 16.1. The van der Waals surface area contributed by atoms with Gasteiger partial charge in [0, 0.05) is 41.5 Å².